The van der Waals surface area contributed by atoms with Gasteiger partial charge >= 0.3 is 0 Å². The second-order valence-corrected chi connectivity index (χ2v) is 7.37. The van der Waals surface area contributed by atoms with E-state index in [-0.39, 0.29) is 0 Å². The molecule has 0 bridgehead atoms. The quantitative estimate of drug-likeness (QED) is 0.458. The SMILES string of the molecule is C=C(C)CN=C(NCCc1ccco1)N1CCC(CN2CCOCC2)C1. The Labute approximate surface area is 156 Å². The number of rotatable bonds is 7. The lowest BCUT2D eigenvalue weighted by Crippen LogP contribution is -2.43. The molecule has 3 heterocycles. The number of hydrogen-bond acceptors (Lipinski definition) is 4. The topological polar surface area (TPSA) is 53.2 Å². The third kappa shape index (κ3) is 5.88. The van der Waals surface area contributed by atoms with Crippen molar-refractivity contribution < 1.29 is 9.15 Å². The molecule has 1 aromatic rings. The normalized spacial score (nSPS) is 22.0. The minimum Gasteiger partial charge on any atom is -0.469 e. The summed E-state index contributed by atoms with van der Waals surface area (Å²) >= 11 is 0. The average molecular weight is 361 g/mol. The van der Waals surface area contributed by atoms with Gasteiger partial charge in [-0.2, -0.15) is 0 Å². The molecule has 2 fully saturated rings. The summed E-state index contributed by atoms with van der Waals surface area (Å²) in [5, 5.41) is 3.52. The molecule has 0 saturated carbocycles. The molecule has 26 heavy (non-hydrogen) atoms. The maximum Gasteiger partial charge on any atom is 0.194 e. The highest BCUT2D eigenvalue weighted by molar-refractivity contribution is 5.80. The summed E-state index contributed by atoms with van der Waals surface area (Å²) in [6.45, 7) is 14.7. The molecule has 2 saturated heterocycles. The zero-order chi connectivity index (χ0) is 18.2. The fourth-order valence-corrected chi connectivity index (χ4v) is 3.55. The third-order valence-corrected chi connectivity index (χ3v) is 4.94. The minimum atomic E-state index is 0.674. The van der Waals surface area contributed by atoms with Crippen molar-refractivity contribution in [2.45, 2.75) is 19.8 Å². The molecule has 2 aliphatic heterocycles. The van der Waals surface area contributed by atoms with Gasteiger partial charge in [-0.1, -0.05) is 12.2 Å². The van der Waals surface area contributed by atoms with Crippen molar-refractivity contribution in [2.75, 3.05) is 59.0 Å². The van der Waals surface area contributed by atoms with Crippen molar-refractivity contribution in [1.29, 1.82) is 0 Å². The minimum absolute atomic E-state index is 0.674. The first-order chi connectivity index (χ1) is 12.7. The number of morpholine rings is 1. The zero-order valence-corrected chi connectivity index (χ0v) is 16.0. The standard InChI is InChI=1S/C20H32N4O2/c1-17(2)14-22-20(21-7-5-19-4-3-11-26-19)24-8-6-18(16-24)15-23-9-12-25-13-10-23/h3-4,11,18H,1,5-10,12-16H2,2H3,(H,21,22). The van der Waals surface area contributed by atoms with Gasteiger partial charge in [-0.15, -0.1) is 0 Å². The molecule has 1 aromatic heterocycles. The van der Waals surface area contributed by atoms with Crippen LogP contribution in [0.5, 0.6) is 0 Å². The highest BCUT2D eigenvalue weighted by Gasteiger charge is 2.27. The average Bonchev–Trinajstić information content (AvgIpc) is 3.31. The molecule has 0 spiro atoms. The number of guanidine groups is 1. The molecular weight excluding hydrogens is 328 g/mol. The lowest BCUT2D eigenvalue weighted by atomic mass is 10.1. The van der Waals surface area contributed by atoms with Gasteiger partial charge in [0.2, 0.25) is 0 Å². The number of nitrogens with one attached hydrogen (secondary N) is 1. The molecule has 6 heteroatoms. The summed E-state index contributed by atoms with van der Waals surface area (Å²) in [7, 11) is 0. The fraction of sp³-hybridized carbons (Fsp3) is 0.650. The number of hydrogen-bond donors (Lipinski definition) is 1. The lowest BCUT2D eigenvalue weighted by Gasteiger charge is -2.29. The van der Waals surface area contributed by atoms with Crippen LogP contribution in [0.2, 0.25) is 0 Å². The summed E-state index contributed by atoms with van der Waals surface area (Å²) in [5.41, 5.74) is 1.08. The van der Waals surface area contributed by atoms with Crippen molar-refractivity contribution in [3.63, 3.8) is 0 Å². The first kappa shape index (κ1) is 19.0. The monoisotopic (exact) mass is 360 g/mol. The van der Waals surface area contributed by atoms with Crippen LogP contribution in [0.25, 0.3) is 0 Å². The zero-order valence-electron chi connectivity index (χ0n) is 16.0. The van der Waals surface area contributed by atoms with E-state index < -0.39 is 0 Å². The van der Waals surface area contributed by atoms with Crippen LogP contribution in [0.1, 0.15) is 19.1 Å². The van der Waals surface area contributed by atoms with Crippen LogP contribution in [0.3, 0.4) is 0 Å². The van der Waals surface area contributed by atoms with Crippen LogP contribution < -0.4 is 5.32 Å². The Morgan fingerprint density at radius 1 is 1.35 bits per heavy atom. The molecule has 0 radical (unpaired) electrons. The first-order valence-electron chi connectivity index (χ1n) is 9.71. The Bertz CT molecular complexity index is 579. The molecule has 1 unspecified atom stereocenters. The van der Waals surface area contributed by atoms with Crippen molar-refractivity contribution >= 4 is 5.96 Å². The Morgan fingerprint density at radius 3 is 2.92 bits per heavy atom. The van der Waals surface area contributed by atoms with Crippen molar-refractivity contribution in [3.8, 4) is 0 Å². The molecule has 1 atom stereocenters. The summed E-state index contributed by atoms with van der Waals surface area (Å²) in [6.07, 6.45) is 3.82. The van der Waals surface area contributed by atoms with Gasteiger partial charge in [-0.25, -0.2) is 4.99 Å². The smallest absolute Gasteiger partial charge is 0.194 e. The number of ether oxygens (including phenoxy) is 1. The largest absolute Gasteiger partial charge is 0.469 e. The third-order valence-electron chi connectivity index (χ3n) is 4.94. The molecule has 0 aromatic carbocycles. The van der Waals surface area contributed by atoms with Gasteiger partial charge in [-0.3, -0.25) is 4.90 Å². The van der Waals surface area contributed by atoms with Crippen LogP contribution in [-0.2, 0) is 11.2 Å². The van der Waals surface area contributed by atoms with E-state index in [1.165, 1.54) is 13.0 Å². The second kappa shape index (κ2) is 9.78. The van der Waals surface area contributed by atoms with E-state index in [2.05, 4.69) is 21.7 Å². The maximum atomic E-state index is 5.46. The highest BCUT2D eigenvalue weighted by Crippen LogP contribution is 2.18. The van der Waals surface area contributed by atoms with E-state index >= 15 is 0 Å². The van der Waals surface area contributed by atoms with Crippen LogP contribution in [0, 0.1) is 5.92 Å². The second-order valence-electron chi connectivity index (χ2n) is 7.37. The van der Waals surface area contributed by atoms with Gasteiger partial charge in [0.1, 0.15) is 5.76 Å². The van der Waals surface area contributed by atoms with Gasteiger partial charge in [0.05, 0.1) is 26.0 Å². The van der Waals surface area contributed by atoms with E-state index in [1.54, 1.807) is 6.26 Å². The van der Waals surface area contributed by atoms with Crippen LogP contribution in [-0.4, -0.2) is 74.8 Å². The number of aliphatic imine (C=N–C) groups is 1. The van der Waals surface area contributed by atoms with Gasteiger partial charge in [0.15, 0.2) is 5.96 Å². The predicted octanol–water partition coefficient (Wildman–Crippen LogP) is 2.00. The number of likely N-dealkylation sites (tertiary alicyclic amines) is 1. The Morgan fingerprint density at radius 2 is 2.19 bits per heavy atom. The van der Waals surface area contributed by atoms with E-state index in [0.29, 0.717) is 12.5 Å². The summed E-state index contributed by atoms with van der Waals surface area (Å²) in [6, 6.07) is 3.95. The van der Waals surface area contributed by atoms with E-state index in [9.17, 15) is 0 Å². The molecule has 0 aliphatic carbocycles. The van der Waals surface area contributed by atoms with Crippen molar-refractivity contribution in [1.82, 2.24) is 15.1 Å². The molecule has 6 nitrogen and oxygen atoms in total. The van der Waals surface area contributed by atoms with Crippen LogP contribution in [0.4, 0.5) is 0 Å². The first-order valence-corrected chi connectivity index (χ1v) is 9.71. The van der Waals surface area contributed by atoms with Gasteiger partial charge < -0.3 is 19.4 Å². The van der Waals surface area contributed by atoms with Crippen LogP contribution >= 0.6 is 0 Å². The molecule has 2 aliphatic rings. The predicted molar refractivity (Wildman–Crippen MR) is 104 cm³/mol. The van der Waals surface area contributed by atoms with Crippen molar-refractivity contribution in [3.05, 3.63) is 36.3 Å². The summed E-state index contributed by atoms with van der Waals surface area (Å²) in [4.78, 5) is 9.71. The van der Waals surface area contributed by atoms with E-state index in [0.717, 1.165) is 69.7 Å². The Hall–Kier alpha value is -1.79. The van der Waals surface area contributed by atoms with Crippen molar-refractivity contribution in [2.24, 2.45) is 10.9 Å². The van der Waals surface area contributed by atoms with Gasteiger partial charge in [0, 0.05) is 45.7 Å². The molecule has 144 valence electrons. The maximum absolute atomic E-state index is 5.46. The molecule has 0 amide bonds. The summed E-state index contributed by atoms with van der Waals surface area (Å²) < 4.78 is 10.9. The molecule has 1 N–H and O–H groups in total. The van der Waals surface area contributed by atoms with Gasteiger partial charge in [0.25, 0.3) is 0 Å². The fourth-order valence-electron chi connectivity index (χ4n) is 3.55. The highest BCUT2D eigenvalue weighted by atomic mass is 16.5. The Balaban J connectivity index is 1.50. The number of furan rings is 1. The summed E-state index contributed by atoms with van der Waals surface area (Å²) in [5.74, 6) is 2.71. The van der Waals surface area contributed by atoms with E-state index in [4.69, 9.17) is 14.1 Å². The van der Waals surface area contributed by atoms with Crippen LogP contribution in [0.15, 0.2) is 40.0 Å². The van der Waals surface area contributed by atoms with Gasteiger partial charge in [-0.05, 0) is 31.4 Å². The molecular formula is C20H32N4O2. The number of nitrogens with zero attached hydrogens (tertiary/aromatic N) is 3. The lowest BCUT2D eigenvalue weighted by molar-refractivity contribution is 0.0315. The molecule has 3 rings (SSSR count). The Kier molecular flexibility index (Phi) is 7.14. The van der Waals surface area contributed by atoms with E-state index in [1.807, 2.05) is 19.1 Å².